The first-order valence-electron chi connectivity index (χ1n) is 7.53. The van der Waals surface area contributed by atoms with E-state index in [1.54, 1.807) is 0 Å². The van der Waals surface area contributed by atoms with Gasteiger partial charge in [0.05, 0.1) is 5.69 Å². The molecular weight excluding hydrogens is 318 g/mol. The number of nitrogens with one attached hydrogen (secondary N) is 2. The van der Waals surface area contributed by atoms with Gasteiger partial charge in [0.2, 0.25) is 0 Å². The number of carbonyl (C=O) groups excluding carboxylic acids is 1. The molecule has 130 valence electrons. The highest BCUT2D eigenvalue weighted by Gasteiger charge is 2.12. The van der Waals surface area contributed by atoms with E-state index in [0.717, 1.165) is 23.5 Å². The topological polar surface area (TPSA) is 68.2 Å². The molecule has 0 aliphatic carbocycles. The molecule has 0 bridgehead atoms. The van der Waals surface area contributed by atoms with Crippen LogP contribution < -0.4 is 15.4 Å². The molecule has 1 aromatic heterocycles. The smallest absolute Gasteiger partial charge is 0.387 e. The summed E-state index contributed by atoms with van der Waals surface area (Å²) >= 11 is 0. The van der Waals surface area contributed by atoms with Gasteiger partial charge in [-0.05, 0) is 45.0 Å². The molecule has 6 nitrogen and oxygen atoms in total. The fourth-order valence-corrected chi connectivity index (χ4v) is 2.36. The lowest BCUT2D eigenvalue weighted by Crippen LogP contribution is -2.28. The number of carbonyl (C=O) groups is 1. The Balaban J connectivity index is 1.90. The minimum absolute atomic E-state index is 0.0363. The summed E-state index contributed by atoms with van der Waals surface area (Å²) in [7, 11) is 0. The summed E-state index contributed by atoms with van der Waals surface area (Å²) in [6, 6.07) is 5.31. The van der Waals surface area contributed by atoms with Crippen molar-refractivity contribution in [3.63, 3.8) is 0 Å². The standard InChI is InChI=1S/C16H20F2N4O2/c1-4-22-11(3)14(10(2)21-22)9-19-16(23)20-12-5-7-13(8-6-12)24-15(17)18/h5-8,15H,4,9H2,1-3H3,(H2,19,20,23). The van der Waals surface area contributed by atoms with E-state index < -0.39 is 6.61 Å². The van der Waals surface area contributed by atoms with E-state index in [-0.39, 0.29) is 11.8 Å². The van der Waals surface area contributed by atoms with Crippen molar-refractivity contribution >= 4 is 11.7 Å². The number of hydrogen-bond acceptors (Lipinski definition) is 3. The molecule has 8 heteroatoms. The third-order valence-electron chi connectivity index (χ3n) is 3.59. The highest BCUT2D eigenvalue weighted by molar-refractivity contribution is 5.89. The average Bonchev–Trinajstić information content (AvgIpc) is 2.80. The van der Waals surface area contributed by atoms with Crippen molar-refractivity contribution in [1.29, 1.82) is 0 Å². The lowest BCUT2D eigenvalue weighted by molar-refractivity contribution is -0.0498. The number of aromatic nitrogens is 2. The predicted molar refractivity (Wildman–Crippen MR) is 86.3 cm³/mol. The predicted octanol–water partition coefficient (Wildman–Crippen LogP) is 3.44. The number of halogens is 2. The lowest BCUT2D eigenvalue weighted by Gasteiger charge is -2.09. The maximum atomic E-state index is 12.1. The lowest BCUT2D eigenvalue weighted by atomic mass is 10.2. The van der Waals surface area contributed by atoms with Gasteiger partial charge in [0.15, 0.2) is 0 Å². The van der Waals surface area contributed by atoms with Crippen LogP contribution in [0.1, 0.15) is 23.9 Å². The second-order valence-electron chi connectivity index (χ2n) is 5.18. The monoisotopic (exact) mass is 338 g/mol. The largest absolute Gasteiger partial charge is 0.435 e. The van der Waals surface area contributed by atoms with Crippen LogP contribution in [0.15, 0.2) is 24.3 Å². The third kappa shape index (κ3) is 4.43. The maximum Gasteiger partial charge on any atom is 0.387 e. The van der Waals surface area contributed by atoms with Gasteiger partial charge >= 0.3 is 12.6 Å². The zero-order valence-corrected chi connectivity index (χ0v) is 13.8. The fourth-order valence-electron chi connectivity index (χ4n) is 2.36. The number of amides is 2. The van der Waals surface area contributed by atoms with Gasteiger partial charge in [-0.1, -0.05) is 0 Å². The van der Waals surface area contributed by atoms with E-state index in [4.69, 9.17) is 0 Å². The highest BCUT2D eigenvalue weighted by atomic mass is 19.3. The molecule has 0 spiro atoms. The molecule has 2 rings (SSSR count). The number of anilines is 1. The van der Waals surface area contributed by atoms with E-state index in [2.05, 4.69) is 20.5 Å². The molecule has 0 unspecified atom stereocenters. The van der Waals surface area contributed by atoms with Gasteiger partial charge in [-0.2, -0.15) is 13.9 Å². The minimum atomic E-state index is -2.87. The summed E-state index contributed by atoms with van der Waals surface area (Å²) < 4.78 is 30.3. The second-order valence-corrected chi connectivity index (χ2v) is 5.18. The molecule has 2 aromatic rings. The highest BCUT2D eigenvalue weighted by Crippen LogP contribution is 2.18. The van der Waals surface area contributed by atoms with Crippen molar-refractivity contribution in [2.24, 2.45) is 0 Å². The molecule has 0 aliphatic rings. The zero-order valence-electron chi connectivity index (χ0n) is 13.8. The molecule has 0 aliphatic heterocycles. The third-order valence-corrected chi connectivity index (χ3v) is 3.59. The number of benzene rings is 1. The quantitative estimate of drug-likeness (QED) is 0.848. The molecule has 2 amide bonds. The Morgan fingerprint density at radius 2 is 1.96 bits per heavy atom. The SMILES string of the molecule is CCn1nc(C)c(CNC(=O)Nc2ccc(OC(F)F)cc2)c1C. The number of nitrogens with zero attached hydrogens (tertiary/aromatic N) is 2. The average molecular weight is 338 g/mol. The number of hydrogen-bond donors (Lipinski definition) is 2. The van der Waals surface area contributed by atoms with Gasteiger partial charge in [-0.15, -0.1) is 0 Å². The number of urea groups is 1. The zero-order chi connectivity index (χ0) is 17.7. The van der Waals surface area contributed by atoms with Crippen LogP contribution in [0, 0.1) is 13.8 Å². The number of rotatable bonds is 6. The van der Waals surface area contributed by atoms with Crippen molar-refractivity contribution in [3.8, 4) is 5.75 Å². The van der Waals surface area contributed by atoms with Crippen LogP contribution in [-0.4, -0.2) is 22.4 Å². The van der Waals surface area contributed by atoms with Gasteiger partial charge in [0.1, 0.15) is 5.75 Å². The molecule has 0 radical (unpaired) electrons. The summed E-state index contributed by atoms with van der Waals surface area (Å²) in [5.74, 6) is 0.0363. The Morgan fingerprint density at radius 3 is 2.50 bits per heavy atom. The number of aryl methyl sites for hydroxylation is 2. The fraction of sp³-hybridized carbons (Fsp3) is 0.375. The van der Waals surface area contributed by atoms with Crippen LogP contribution in [0.2, 0.25) is 0 Å². The van der Waals surface area contributed by atoms with Crippen LogP contribution >= 0.6 is 0 Å². The normalized spacial score (nSPS) is 10.8. The summed E-state index contributed by atoms with van der Waals surface area (Å²) in [6.45, 7) is 4.12. The van der Waals surface area contributed by atoms with E-state index in [9.17, 15) is 13.6 Å². The molecule has 0 atom stereocenters. The number of ether oxygens (including phenoxy) is 1. The van der Waals surface area contributed by atoms with Crippen LogP contribution in [0.4, 0.5) is 19.3 Å². The van der Waals surface area contributed by atoms with Crippen molar-refractivity contribution in [2.45, 2.75) is 40.5 Å². The van der Waals surface area contributed by atoms with Crippen LogP contribution in [-0.2, 0) is 13.1 Å². The molecular formula is C16H20F2N4O2. The van der Waals surface area contributed by atoms with Crippen molar-refractivity contribution in [1.82, 2.24) is 15.1 Å². The van der Waals surface area contributed by atoms with E-state index >= 15 is 0 Å². The van der Waals surface area contributed by atoms with Gasteiger partial charge in [0.25, 0.3) is 0 Å². The molecule has 0 saturated heterocycles. The first kappa shape index (κ1) is 17.7. The van der Waals surface area contributed by atoms with Crippen LogP contribution in [0.5, 0.6) is 5.75 Å². The molecule has 2 N–H and O–H groups in total. The molecule has 24 heavy (non-hydrogen) atoms. The van der Waals surface area contributed by atoms with Crippen molar-refractivity contribution in [3.05, 3.63) is 41.2 Å². The van der Waals surface area contributed by atoms with Crippen LogP contribution in [0.25, 0.3) is 0 Å². The van der Waals surface area contributed by atoms with Gasteiger partial charge < -0.3 is 15.4 Å². The second kappa shape index (κ2) is 7.76. The van der Waals surface area contributed by atoms with Gasteiger partial charge in [-0.3, -0.25) is 4.68 Å². The molecule has 0 fully saturated rings. The summed E-state index contributed by atoms with van der Waals surface area (Å²) in [5, 5.41) is 9.78. The van der Waals surface area contributed by atoms with Crippen LogP contribution in [0.3, 0.4) is 0 Å². The first-order valence-corrected chi connectivity index (χ1v) is 7.53. The number of alkyl halides is 2. The molecule has 0 saturated carbocycles. The Morgan fingerprint density at radius 1 is 1.29 bits per heavy atom. The molecule has 1 aromatic carbocycles. The Labute approximate surface area is 138 Å². The summed E-state index contributed by atoms with van der Waals surface area (Å²) in [4.78, 5) is 11.9. The minimum Gasteiger partial charge on any atom is -0.435 e. The van der Waals surface area contributed by atoms with Gasteiger partial charge in [-0.25, -0.2) is 4.79 Å². The molecule has 1 heterocycles. The van der Waals surface area contributed by atoms with Gasteiger partial charge in [0, 0.05) is 30.0 Å². The van der Waals surface area contributed by atoms with Crippen molar-refractivity contribution in [2.75, 3.05) is 5.32 Å². The van der Waals surface area contributed by atoms with E-state index in [1.165, 1.54) is 24.3 Å². The Bertz CT molecular complexity index is 699. The van der Waals surface area contributed by atoms with E-state index in [1.807, 2.05) is 25.5 Å². The summed E-state index contributed by atoms with van der Waals surface area (Å²) in [6.07, 6.45) is 0. The summed E-state index contributed by atoms with van der Waals surface area (Å²) in [5.41, 5.74) is 3.35. The maximum absolute atomic E-state index is 12.1. The Kier molecular flexibility index (Phi) is 5.73. The Hall–Kier alpha value is -2.64. The van der Waals surface area contributed by atoms with E-state index in [0.29, 0.717) is 12.2 Å². The first-order chi connectivity index (χ1) is 11.4. The van der Waals surface area contributed by atoms with Crippen molar-refractivity contribution < 1.29 is 18.3 Å².